The zero-order valence-corrected chi connectivity index (χ0v) is 12.1. The van der Waals surface area contributed by atoms with Gasteiger partial charge < -0.3 is 11.1 Å². The Hall–Kier alpha value is -2.34. The molecule has 23 heavy (non-hydrogen) atoms. The molecule has 6 heteroatoms. The highest BCUT2D eigenvalue weighted by Gasteiger charge is 2.34. The van der Waals surface area contributed by atoms with Crippen LogP contribution in [0.15, 0.2) is 48.5 Å². The van der Waals surface area contributed by atoms with Crippen molar-refractivity contribution in [2.24, 2.45) is 5.73 Å². The Kier molecular flexibility index (Phi) is 3.85. The largest absolute Gasteiger partial charge is 0.416 e. The number of anilines is 1. The van der Waals surface area contributed by atoms with E-state index in [2.05, 4.69) is 5.32 Å². The molecule has 0 unspecified atom stereocenters. The first-order valence-electron chi connectivity index (χ1n) is 7.19. The predicted octanol–water partition coefficient (Wildman–Crippen LogP) is 3.77. The molecule has 3 nitrogen and oxygen atoms in total. The molecular formula is C17H15F3N2O. The molecule has 0 bridgehead atoms. The molecular weight excluding hydrogens is 305 g/mol. The number of hydrogen-bond donors (Lipinski definition) is 2. The van der Waals surface area contributed by atoms with E-state index in [9.17, 15) is 18.0 Å². The molecule has 2 aromatic rings. The van der Waals surface area contributed by atoms with Crippen molar-refractivity contribution in [3.63, 3.8) is 0 Å². The molecule has 3 rings (SSSR count). The van der Waals surface area contributed by atoms with Gasteiger partial charge in [0.2, 0.25) is 0 Å². The lowest BCUT2D eigenvalue weighted by Crippen LogP contribution is -2.13. The summed E-state index contributed by atoms with van der Waals surface area (Å²) in [6.07, 6.45) is -3.50. The van der Waals surface area contributed by atoms with Crippen LogP contribution in [0.2, 0.25) is 0 Å². The van der Waals surface area contributed by atoms with Crippen LogP contribution >= 0.6 is 0 Å². The van der Waals surface area contributed by atoms with E-state index in [4.69, 9.17) is 5.73 Å². The van der Waals surface area contributed by atoms with Crippen LogP contribution in [0.4, 0.5) is 18.9 Å². The first-order valence-corrected chi connectivity index (χ1v) is 7.19. The number of halogens is 3. The zero-order chi connectivity index (χ0) is 16.6. The summed E-state index contributed by atoms with van der Waals surface area (Å²) in [6, 6.07) is 11.7. The molecule has 0 aliphatic heterocycles. The van der Waals surface area contributed by atoms with Crippen molar-refractivity contribution in [3.8, 4) is 0 Å². The van der Waals surface area contributed by atoms with Gasteiger partial charge in [0.25, 0.3) is 5.91 Å². The van der Waals surface area contributed by atoms with Gasteiger partial charge in [-0.15, -0.1) is 0 Å². The van der Waals surface area contributed by atoms with E-state index in [0.29, 0.717) is 11.5 Å². The summed E-state index contributed by atoms with van der Waals surface area (Å²) in [4.78, 5) is 12.1. The number of rotatable bonds is 3. The Morgan fingerprint density at radius 2 is 1.78 bits per heavy atom. The molecule has 2 aromatic carbocycles. The number of alkyl halides is 3. The Bertz CT molecular complexity index is 725. The number of carbonyl (C=O) groups excluding carboxylic acids is 1. The highest BCUT2D eigenvalue weighted by molar-refractivity contribution is 6.04. The number of benzene rings is 2. The van der Waals surface area contributed by atoms with Crippen molar-refractivity contribution in [1.29, 1.82) is 0 Å². The quantitative estimate of drug-likeness (QED) is 0.904. The van der Waals surface area contributed by atoms with Gasteiger partial charge >= 0.3 is 6.18 Å². The van der Waals surface area contributed by atoms with Crippen molar-refractivity contribution < 1.29 is 18.0 Å². The van der Waals surface area contributed by atoms with Gasteiger partial charge in [-0.2, -0.15) is 13.2 Å². The summed E-state index contributed by atoms with van der Waals surface area (Å²) >= 11 is 0. The van der Waals surface area contributed by atoms with Crippen LogP contribution in [0.1, 0.15) is 33.8 Å². The minimum Gasteiger partial charge on any atom is -0.327 e. The zero-order valence-electron chi connectivity index (χ0n) is 12.1. The second-order valence-electron chi connectivity index (χ2n) is 5.66. The van der Waals surface area contributed by atoms with Crippen molar-refractivity contribution in [3.05, 3.63) is 65.2 Å². The number of nitrogens with two attached hydrogens (primary N) is 1. The SMILES string of the molecule is N[C@@H]1C[C@H]1c1ccc(C(=O)Nc2cccc(C(F)(F)F)c2)cc1. The second kappa shape index (κ2) is 5.70. The molecule has 1 amide bonds. The maximum absolute atomic E-state index is 12.7. The fraction of sp³-hybridized carbons (Fsp3) is 0.235. The van der Waals surface area contributed by atoms with E-state index in [-0.39, 0.29) is 11.7 Å². The highest BCUT2D eigenvalue weighted by Crippen LogP contribution is 2.38. The Morgan fingerprint density at radius 1 is 1.13 bits per heavy atom. The number of amides is 1. The fourth-order valence-corrected chi connectivity index (χ4v) is 2.46. The third-order valence-corrected chi connectivity index (χ3v) is 3.89. The van der Waals surface area contributed by atoms with E-state index in [0.717, 1.165) is 24.1 Å². The van der Waals surface area contributed by atoms with Crippen LogP contribution < -0.4 is 11.1 Å². The second-order valence-corrected chi connectivity index (χ2v) is 5.66. The van der Waals surface area contributed by atoms with Gasteiger partial charge in [0.1, 0.15) is 0 Å². The molecule has 0 saturated heterocycles. The van der Waals surface area contributed by atoms with E-state index in [1.54, 1.807) is 12.1 Å². The van der Waals surface area contributed by atoms with Gasteiger partial charge in [-0.05, 0) is 42.3 Å². The van der Waals surface area contributed by atoms with Crippen molar-refractivity contribution >= 4 is 11.6 Å². The van der Waals surface area contributed by atoms with Crippen LogP contribution in [0.25, 0.3) is 0 Å². The Balaban J connectivity index is 1.71. The first kappa shape index (κ1) is 15.6. The molecule has 3 N–H and O–H groups in total. The van der Waals surface area contributed by atoms with Gasteiger partial charge in [0.05, 0.1) is 5.56 Å². The molecule has 2 atom stereocenters. The fourth-order valence-electron chi connectivity index (χ4n) is 2.46. The van der Waals surface area contributed by atoms with Gasteiger partial charge in [0, 0.05) is 23.2 Å². The Labute approximate surface area is 131 Å². The van der Waals surface area contributed by atoms with Crippen LogP contribution in [0.3, 0.4) is 0 Å². The summed E-state index contributed by atoms with van der Waals surface area (Å²) in [7, 11) is 0. The maximum atomic E-state index is 12.7. The topological polar surface area (TPSA) is 55.1 Å². The third kappa shape index (κ3) is 3.53. The third-order valence-electron chi connectivity index (χ3n) is 3.89. The summed E-state index contributed by atoms with van der Waals surface area (Å²) in [5, 5.41) is 2.48. The molecule has 1 fully saturated rings. The number of hydrogen-bond acceptors (Lipinski definition) is 2. The summed E-state index contributed by atoms with van der Waals surface area (Å²) in [6.45, 7) is 0. The highest BCUT2D eigenvalue weighted by atomic mass is 19.4. The predicted molar refractivity (Wildman–Crippen MR) is 81.2 cm³/mol. The summed E-state index contributed by atoms with van der Waals surface area (Å²) in [5.41, 5.74) is 6.55. The minimum atomic E-state index is -4.44. The van der Waals surface area contributed by atoms with E-state index >= 15 is 0 Å². The lowest BCUT2D eigenvalue weighted by molar-refractivity contribution is -0.137. The molecule has 120 valence electrons. The molecule has 1 aliphatic rings. The van der Waals surface area contributed by atoms with Gasteiger partial charge in [-0.1, -0.05) is 18.2 Å². The van der Waals surface area contributed by atoms with E-state index < -0.39 is 17.6 Å². The van der Waals surface area contributed by atoms with Crippen LogP contribution in [-0.4, -0.2) is 11.9 Å². The molecule has 0 radical (unpaired) electrons. The monoisotopic (exact) mass is 320 g/mol. The molecule has 0 aromatic heterocycles. The maximum Gasteiger partial charge on any atom is 0.416 e. The van der Waals surface area contributed by atoms with E-state index in [1.807, 2.05) is 12.1 Å². The first-order chi connectivity index (χ1) is 10.8. The van der Waals surface area contributed by atoms with Gasteiger partial charge in [-0.25, -0.2) is 0 Å². The molecule has 1 aliphatic carbocycles. The van der Waals surface area contributed by atoms with E-state index in [1.165, 1.54) is 12.1 Å². The molecule has 1 saturated carbocycles. The molecule has 0 heterocycles. The summed E-state index contributed by atoms with van der Waals surface area (Å²) < 4.78 is 38.0. The van der Waals surface area contributed by atoms with Crippen LogP contribution in [0, 0.1) is 0 Å². The average molecular weight is 320 g/mol. The average Bonchev–Trinajstić information content (AvgIpc) is 3.24. The summed E-state index contributed by atoms with van der Waals surface area (Å²) in [5.74, 6) is -0.105. The van der Waals surface area contributed by atoms with Gasteiger partial charge in [0.15, 0.2) is 0 Å². The standard InChI is InChI=1S/C17H15F3N2O/c18-17(19,20)12-2-1-3-13(8-12)22-16(23)11-6-4-10(5-7-11)14-9-15(14)21/h1-8,14-15H,9,21H2,(H,22,23)/t14-,15+/m0/s1. The van der Waals surface area contributed by atoms with Crippen molar-refractivity contribution in [2.45, 2.75) is 24.6 Å². The Morgan fingerprint density at radius 3 is 2.35 bits per heavy atom. The van der Waals surface area contributed by atoms with Crippen LogP contribution in [-0.2, 0) is 6.18 Å². The van der Waals surface area contributed by atoms with Crippen molar-refractivity contribution in [2.75, 3.05) is 5.32 Å². The van der Waals surface area contributed by atoms with Crippen molar-refractivity contribution in [1.82, 2.24) is 0 Å². The smallest absolute Gasteiger partial charge is 0.327 e. The molecule has 0 spiro atoms. The normalized spacial score (nSPS) is 20.2. The minimum absolute atomic E-state index is 0.109. The number of nitrogens with one attached hydrogen (secondary N) is 1. The lowest BCUT2D eigenvalue weighted by atomic mass is 10.1. The lowest BCUT2D eigenvalue weighted by Gasteiger charge is -2.10. The van der Waals surface area contributed by atoms with Crippen LogP contribution in [0.5, 0.6) is 0 Å². The number of carbonyl (C=O) groups is 1. The van der Waals surface area contributed by atoms with Gasteiger partial charge in [-0.3, -0.25) is 4.79 Å².